The number of aliphatic carboxylic acids is 1. The van der Waals surface area contributed by atoms with Gasteiger partial charge in [0.15, 0.2) is 11.6 Å². The number of hydrogen-bond donors (Lipinski definition) is 3. The number of rotatable bonds is 10. The molecule has 1 atom stereocenters. The lowest BCUT2D eigenvalue weighted by molar-refractivity contribution is -0.144. The summed E-state index contributed by atoms with van der Waals surface area (Å²) in [6.07, 6.45) is 1.13. The minimum atomic E-state index is -1.57. The van der Waals surface area contributed by atoms with Crippen LogP contribution in [0.1, 0.15) is 29.5 Å². The molecule has 0 radical (unpaired) electrons. The molecule has 0 fully saturated rings. The van der Waals surface area contributed by atoms with Crippen molar-refractivity contribution in [3.8, 4) is 0 Å². The van der Waals surface area contributed by atoms with Crippen molar-refractivity contribution in [1.29, 1.82) is 0 Å². The van der Waals surface area contributed by atoms with Gasteiger partial charge >= 0.3 is 5.97 Å². The molecule has 0 saturated carbocycles. The highest BCUT2D eigenvalue weighted by atomic mass is 16.4. The zero-order valence-corrected chi connectivity index (χ0v) is 20.4. The van der Waals surface area contributed by atoms with E-state index in [2.05, 4.69) is 10.6 Å². The monoisotopic (exact) mass is 510 g/mol. The third-order valence-electron chi connectivity index (χ3n) is 6.46. The number of benzene rings is 3. The minimum absolute atomic E-state index is 0.488. The molecule has 192 valence electrons. The minimum Gasteiger partial charge on any atom is -0.480 e. The zero-order chi connectivity index (χ0) is 27.1. The first-order valence-electron chi connectivity index (χ1n) is 12.1. The smallest absolute Gasteiger partial charge is 0.326 e. The molecule has 0 bridgehead atoms. The largest absolute Gasteiger partial charge is 0.480 e. The molecule has 38 heavy (non-hydrogen) atoms. The second kappa shape index (κ2) is 11.5. The van der Waals surface area contributed by atoms with Crippen LogP contribution in [0.5, 0.6) is 0 Å². The van der Waals surface area contributed by atoms with E-state index >= 15 is 0 Å². The lowest BCUT2D eigenvalue weighted by Crippen LogP contribution is -2.51. The Balaban J connectivity index is 1.62. The van der Waals surface area contributed by atoms with Gasteiger partial charge in [0.2, 0.25) is 11.8 Å². The topological polar surface area (TPSA) is 130 Å². The number of ketones is 2. The number of carboxylic acid groups (broad SMARTS) is 1. The number of carbonyl (C=O) groups excluding carboxylic acids is 4. The molecule has 8 nitrogen and oxygen atoms in total. The maximum Gasteiger partial charge on any atom is 0.326 e. The summed E-state index contributed by atoms with van der Waals surface area (Å²) in [6.45, 7) is 0. The van der Waals surface area contributed by atoms with Crippen LogP contribution in [0.15, 0.2) is 103 Å². The fourth-order valence-electron chi connectivity index (χ4n) is 4.60. The molecule has 0 saturated heterocycles. The van der Waals surface area contributed by atoms with E-state index < -0.39 is 59.7 Å². The number of carbonyl (C=O) groups is 5. The third kappa shape index (κ3) is 5.59. The quantitative estimate of drug-likeness (QED) is 0.284. The van der Waals surface area contributed by atoms with E-state index in [-0.39, 0.29) is 0 Å². The summed E-state index contributed by atoms with van der Waals surface area (Å²) in [5, 5.41) is 15.1. The van der Waals surface area contributed by atoms with Crippen molar-refractivity contribution in [2.75, 3.05) is 0 Å². The molecule has 3 aromatic carbocycles. The van der Waals surface area contributed by atoms with Crippen molar-refractivity contribution in [3.05, 3.63) is 120 Å². The van der Waals surface area contributed by atoms with E-state index in [0.717, 1.165) is 28.8 Å². The van der Waals surface area contributed by atoms with Gasteiger partial charge in [0, 0.05) is 6.42 Å². The van der Waals surface area contributed by atoms with Gasteiger partial charge in [-0.15, -0.1) is 0 Å². The Morgan fingerprint density at radius 1 is 0.711 bits per heavy atom. The van der Waals surface area contributed by atoms with Crippen LogP contribution < -0.4 is 10.6 Å². The maximum atomic E-state index is 13.5. The van der Waals surface area contributed by atoms with Gasteiger partial charge in [-0.05, 0) is 28.8 Å². The second-order valence-corrected chi connectivity index (χ2v) is 8.95. The molecule has 2 amide bonds. The van der Waals surface area contributed by atoms with Gasteiger partial charge in [0.1, 0.15) is 11.6 Å². The van der Waals surface area contributed by atoms with Crippen LogP contribution in [0.4, 0.5) is 0 Å². The van der Waals surface area contributed by atoms with Crippen LogP contribution in [-0.2, 0) is 29.5 Å². The predicted octanol–water partition coefficient (Wildman–Crippen LogP) is 2.77. The normalized spacial score (nSPS) is 14.2. The van der Waals surface area contributed by atoms with E-state index in [1.807, 2.05) is 91.0 Å². The SMILES string of the molecule is O=C(CC1C(=O)C=CC1=O)NC(CC(=O)NC(c1ccccc1)(c1ccccc1)c1ccccc1)C(=O)O. The molecule has 0 heterocycles. The fourth-order valence-corrected chi connectivity index (χ4v) is 4.60. The summed E-state index contributed by atoms with van der Waals surface area (Å²) in [5.41, 5.74) is 1.12. The average Bonchev–Trinajstić information content (AvgIpc) is 3.25. The van der Waals surface area contributed by atoms with E-state index in [4.69, 9.17) is 0 Å². The Hall–Kier alpha value is -4.85. The van der Waals surface area contributed by atoms with Crippen molar-refractivity contribution in [3.63, 3.8) is 0 Å². The van der Waals surface area contributed by atoms with Crippen LogP contribution in [-0.4, -0.2) is 40.5 Å². The van der Waals surface area contributed by atoms with Crippen molar-refractivity contribution < 1.29 is 29.1 Å². The first-order valence-corrected chi connectivity index (χ1v) is 12.1. The van der Waals surface area contributed by atoms with Crippen molar-refractivity contribution in [2.24, 2.45) is 5.92 Å². The van der Waals surface area contributed by atoms with E-state index in [0.29, 0.717) is 0 Å². The van der Waals surface area contributed by atoms with Crippen molar-refractivity contribution >= 4 is 29.4 Å². The molecule has 8 heteroatoms. The van der Waals surface area contributed by atoms with Gasteiger partial charge in [-0.25, -0.2) is 4.79 Å². The molecule has 0 aliphatic heterocycles. The lowest BCUT2D eigenvalue weighted by atomic mass is 9.77. The number of hydrogen-bond acceptors (Lipinski definition) is 5. The second-order valence-electron chi connectivity index (χ2n) is 8.95. The summed E-state index contributed by atoms with van der Waals surface area (Å²) in [6, 6.07) is 26.4. The summed E-state index contributed by atoms with van der Waals surface area (Å²) in [5.74, 6) is -5.02. The van der Waals surface area contributed by atoms with Gasteiger partial charge in [-0.2, -0.15) is 0 Å². The highest BCUT2D eigenvalue weighted by molar-refractivity contribution is 6.20. The lowest BCUT2D eigenvalue weighted by Gasteiger charge is -2.37. The van der Waals surface area contributed by atoms with E-state index in [9.17, 15) is 29.1 Å². The summed E-state index contributed by atoms with van der Waals surface area (Å²) < 4.78 is 0. The molecular formula is C30H26N2O6. The molecule has 4 rings (SSSR count). The Labute approximate surface area is 219 Å². The number of nitrogens with one attached hydrogen (secondary N) is 2. The molecule has 1 unspecified atom stereocenters. The molecular weight excluding hydrogens is 484 g/mol. The Kier molecular flexibility index (Phi) is 7.91. The van der Waals surface area contributed by atoms with Crippen molar-refractivity contribution in [1.82, 2.24) is 10.6 Å². The number of allylic oxidation sites excluding steroid dienone is 2. The van der Waals surface area contributed by atoms with Gasteiger partial charge < -0.3 is 15.7 Å². The van der Waals surface area contributed by atoms with Gasteiger partial charge in [-0.3, -0.25) is 19.2 Å². The predicted molar refractivity (Wildman–Crippen MR) is 139 cm³/mol. The first kappa shape index (κ1) is 26.2. The number of carboxylic acids is 1. The van der Waals surface area contributed by atoms with E-state index in [1.165, 1.54) is 0 Å². The summed E-state index contributed by atoms with van der Waals surface area (Å²) in [4.78, 5) is 61.6. The molecule has 1 aliphatic carbocycles. The molecule has 0 spiro atoms. The standard InChI is InChI=1S/C30H26N2O6/c33-25-16-17-26(34)23(25)18-27(35)31-24(29(37)38)19-28(36)32-30(20-10-4-1-5-11-20,21-12-6-2-7-13-21)22-14-8-3-9-15-22/h1-17,23-24H,18-19H2,(H,31,35)(H,32,36)(H,37,38). The van der Waals surface area contributed by atoms with Crippen LogP contribution in [0.25, 0.3) is 0 Å². The highest BCUT2D eigenvalue weighted by Crippen LogP contribution is 2.36. The Morgan fingerprint density at radius 2 is 1.13 bits per heavy atom. The van der Waals surface area contributed by atoms with Gasteiger partial charge in [-0.1, -0.05) is 91.0 Å². The third-order valence-corrected chi connectivity index (χ3v) is 6.46. The molecule has 0 aromatic heterocycles. The molecule has 3 N–H and O–H groups in total. The summed E-state index contributed by atoms with van der Waals surface area (Å²) in [7, 11) is 0. The molecule has 1 aliphatic rings. The Bertz CT molecular complexity index is 1250. The fraction of sp³-hybridized carbons (Fsp3) is 0.167. The average molecular weight is 511 g/mol. The highest BCUT2D eigenvalue weighted by Gasteiger charge is 2.39. The summed E-state index contributed by atoms with van der Waals surface area (Å²) >= 11 is 0. The van der Waals surface area contributed by atoms with Crippen LogP contribution in [0, 0.1) is 5.92 Å². The van der Waals surface area contributed by atoms with Crippen molar-refractivity contribution in [2.45, 2.75) is 24.4 Å². The van der Waals surface area contributed by atoms with Gasteiger partial charge in [0.05, 0.1) is 12.3 Å². The zero-order valence-electron chi connectivity index (χ0n) is 20.4. The number of amides is 2. The van der Waals surface area contributed by atoms with Crippen LogP contribution >= 0.6 is 0 Å². The first-order chi connectivity index (χ1) is 18.3. The van der Waals surface area contributed by atoms with Crippen LogP contribution in [0.3, 0.4) is 0 Å². The maximum absolute atomic E-state index is 13.5. The van der Waals surface area contributed by atoms with Crippen LogP contribution in [0.2, 0.25) is 0 Å². The van der Waals surface area contributed by atoms with E-state index in [1.54, 1.807) is 0 Å². The molecule has 3 aromatic rings. The Morgan fingerprint density at radius 3 is 1.53 bits per heavy atom. The van der Waals surface area contributed by atoms with Gasteiger partial charge in [0.25, 0.3) is 0 Å².